The van der Waals surface area contributed by atoms with Gasteiger partial charge in [-0.25, -0.2) is 0 Å². The van der Waals surface area contributed by atoms with Crippen LogP contribution in [0, 0.1) is 23.2 Å². The predicted octanol–water partition coefficient (Wildman–Crippen LogP) is -1.60. The average Bonchev–Trinajstić information content (AvgIpc) is 2.26. The number of carbonyl (C=O) groups excluding carboxylic acids is 2. The molecule has 2 atom stereocenters. The molecule has 0 spiro atoms. The van der Waals surface area contributed by atoms with Crippen LogP contribution in [0.5, 0.6) is 0 Å². The summed E-state index contributed by atoms with van der Waals surface area (Å²) in [6.45, 7) is 5.95. The van der Waals surface area contributed by atoms with Crippen LogP contribution in [0.4, 0.5) is 0 Å². The first-order chi connectivity index (χ1) is 5.41. The Kier molecular flexibility index (Phi) is 2.56. The van der Waals surface area contributed by atoms with Crippen LogP contribution in [0.25, 0.3) is 0 Å². The van der Waals surface area contributed by atoms with E-state index in [9.17, 15) is 9.59 Å². The third-order valence-corrected chi connectivity index (χ3v) is 3.97. The number of hydrogen-bond donors (Lipinski definition) is 0. The van der Waals surface area contributed by atoms with Crippen LogP contribution in [-0.2, 0) is 9.59 Å². The van der Waals surface area contributed by atoms with Crippen molar-refractivity contribution in [3.63, 3.8) is 0 Å². The quantitative estimate of drug-likeness (QED) is 0.261. The summed E-state index contributed by atoms with van der Waals surface area (Å²) < 4.78 is 0. The van der Waals surface area contributed by atoms with Crippen LogP contribution in [-0.4, -0.2) is 11.6 Å². The molecule has 2 unspecified atom stereocenters. The molecule has 0 aromatic carbocycles. The molecule has 2 aliphatic rings. The van der Waals surface area contributed by atoms with Crippen molar-refractivity contribution < 1.29 is 39.1 Å². The smallest absolute Gasteiger partial charge is 0.316 e. The first-order valence-corrected chi connectivity index (χ1v) is 4.33. The number of ketones is 2. The molecule has 2 aliphatic carbocycles. The van der Waals surface area contributed by atoms with Crippen LogP contribution in [0.3, 0.4) is 0 Å². The summed E-state index contributed by atoms with van der Waals surface area (Å²) in [5, 5.41) is 0. The molecule has 0 radical (unpaired) electrons. The molecule has 0 amide bonds. The first kappa shape index (κ1) is 11.4. The summed E-state index contributed by atoms with van der Waals surface area (Å²) in [5.74, 6) is -0.441. The average molecular weight is 188 g/mol. The Balaban J connectivity index is 0.000000845. The largest absolute Gasteiger partial charge is 1.00 e. The van der Waals surface area contributed by atoms with Crippen molar-refractivity contribution in [3.8, 4) is 0 Å². The van der Waals surface area contributed by atoms with Crippen molar-refractivity contribution in [1.29, 1.82) is 0 Å². The standard InChI is InChI=1S/C10H13O2.Na/c1-9(2)6-4-5-10(9,3)8(12)7(6)11;/h4,6H,5H2,1-3H3;/q-1;+1. The van der Waals surface area contributed by atoms with Gasteiger partial charge in [-0.2, -0.15) is 6.42 Å². The third kappa shape index (κ3) is 1.06. The summed E-state index contributed by atoms with van der Waals surface area (Å²) in [4.78, 5) is 22.9. The number of hydrogen-bond acceptors (Lipinski definition) is 2. The van der Waals surface area contributed by atoms with Gasteiger partial charge in [0.05, 0.1) is 0 Å². The van der Waals surface area contributed by atoms with Gasteiger partial charge in [-0.3, -0.25) is 9.59 Å². The van der Waals surface area contributed by atoms with E-state index in [1.807, 2.05) is 27.2 Å². The zero-order valence-electron chi connectivity index (χ0n) is 8.68. The van der Waals surface area contributed by atoms with E-state index in [1.165, 1.54) is 0 Å². The molecule has 2 nitrogen and oxygen atoms in total. The van der Waals surface area contributed by atoms with E-state index in [-0.39, 0.29) is 52.5 Å². The molecule has 0 heterocycles. The molecule has 3 heteroatoms. The van der Waals surface area contributed by atoms with Gasteiger partial charge < -0.3 is 6.42 Å². The van der Waals surface area contributed by atoms with Crippen molar-refractivity contribution >= 4 is 11.6 Å². The fourth-order valence-electron chi connectivity index (χ4n) is 2.49. The normalized spacial score (nSPS) is 40.7. The zero-order valence-corrected chi connectivity index (χ0v) is 10.7. The maximum Gasteiger partial charge on any atom is 1.00 e. The number of rotatable bonds is 0. The Bertz CT molecular complexity index is 283. The van der Waals surface area contributed by atoms with Crippen LogP contribution in [0.2, 0.25) is 0 Å². The van der Waals surface area contributed by atoms with E-state index in [0.717, 1.165) is 6.42 Å². The van der Waals surface area contributed by atoms with Crippen molar-refractivity contribution in [2.24, 2.45) is 16.7 Å². The second-order valence-corrected chi connectivity index (χ2v) is 4.66. The van der Waals surface area contributed by atoms with Crippen LogP contribution in [0.1, 0.15) is 27.2 Å². The maximum absolute atomic E-state index is 11.5. The zero-order chi connectivity index (χ0) is 9.15. The molecule has 2 rings (SSSR count). The fourth-order valence-corrected chi connectivity index (χ4v) is 2.49. The molecular weight excluding hydrogens is 175 g/mol. The Morgan fingerprint density at radius 3 is 2.08 bits per heavy atom. The summed E-state index contributed by atoms with van der Waals surface area (Å²) in [6.07, 6.45) is 2.78. The molecule has 0 aromatic rings. The van der Waals surface area contributed by atoms with E-state index in [2.05, 4.69) is 0 Å². The predicted molar refractivity (Wildman–Crippen MR) is 44.3 cm³/mol. The minimum atomic E-state index is -0.408. The maximum atomic E-state index is 11.5. The van der Waals surface area contributed by atoms with Crippen LogP contribution >= 0.6 is 0 Å². The van der Waals surface area contributed by atoms with E-state index >= 15 is 0 Å². The number of Topliss-reactive ketones (excluding diaryl/α,β-unsaturated/α-hetero) is 2. The molecule has 0 N–H and O–H groups in total. The third-order valence-electron chi connectivity index (χ3n) is 3.97. The van der Waals surface area contributed by atoms with Gasteiger partial charge >= 0.3 is 29.6 Å². The van der Waals surface area contributed by atoms with Gasteiger partial charge in [-0.1, -0.05) is 26.7 Å². The van der Waals surface area contributed by atoms with Gasteiger partial charge in [-0.05, 0) is 5.41 Å². The molecule has 13 heavy (non-hydrogen) atoms. The Labute approximate surface area is 101 Å². The van der Waals surface area contributed by atoms with Crippen molar-refractivity contribution in [1.82, 2.24) is 0 Å². The minimum absolute atomic E-state index is 0. The van der Waals surface area contributed by atoms with Gasteiger partial charge in [0.25, 0.3) is 0 Å². The topological polar surface area (TPSA) is 34.1 Å². The van der Waals surface area contributed by atoms with E-state index in [4.69, 9.17) is 0 Å². The van der Waals surface area contributed by atoms with E-state index < -0.39 is 5.41 Å². The Morgan fingerprint density at radius 2 is 1.85 bits per heavy atom. The van der Waals surface area contributed by atoms with Crippen molar-refractivity contribution in [2.45, 2.75) is 27.2 Å². The Hall–Kier alpha value is 0.340. The molecule has 2 bridgehead atoms. The summed E-state index contributed by atoms with van der Waals surface area (Å²) >= 11 is 0. The molecule has 0 aromatic heterocycles. The van der Waals surface area contributed by atoms with Gasteiger partial charge in [0.2, 0.25) is 0 Å². The molecule has 66 valence electrons. The monoisotopic (exact) mass is 188 g/mol. The second-order valence-electron chi connectivity index (χ2n) is 4.66. The fraction of sp³-hybridized carbons (Fsp3) is 0.700. The van der Waals surface area contributed by atoms with Gasteiger partial charge in [0.1, 0.15) is 0 Å². The Morgan fingerprint density at radius 1 is 1.31 bits per heavy atom. The second kappa shape index (κ2) is 2.91. The van der Waals surface area contributed by atoms with Crippen LogP contribution in [0.15, 0.2) is 0 Å². The van der Waals surface area contributed by atoms with E-state index in [0.29, 0.717) is 0 Å². The summed E-state index contributed by atoms with van der Waals surface area (Å²) in [6, 6.07) is 0. The van der Waals surface area contributed by atoms with Gasteiger partial charge in [-0.15, -0.1) is 0 Å². The van der Waals surface area contributed by atoms with Crippen molar-refractivity contribution in [3.05, 3.63) is 6.42 Å². The molecule has 0 saturated heterocycles. The number of fused-ring (bicyclic) bond motifs is 2. The van der Waals surface area contributed by atoms with E-state index in [1.54, 1.807) is 0 Å². The number of carbonyl (C=O) groups is 2. The summed E-state index contributed by atoms with van der Waals surface area (Å²) in [5.41, 5.74) is -0.560. The molecule has 0 aliphatic heterocycles. The van der Waals surface area contributed by atoms with Gasteiger partial charge in [0.15, 0.2) is 11.6 Å². The van der Waals surface area contributed by atoms with Crippen LogP contribution < -0.4 is 29.6 Å². The minimum Gasteiger partial charge on any atom is -0.316 e. The first-order valence-electron chi connectivity index (χ1n) is 4.33. The summed E-state index contributed by atoms with van der Waals surface area (Å²) in [7, 11) is 0. The SMILES string of the molecule is CC12C[CH-]C(C(=O)C1=O)C2(C)C.[Na+]. The molecular formula is C10H13NaO2. The van der Waals surface area contributed by atoms with Gasteiger partial charge in [0, 0.05) is 5.41 Å². The molecule has 2 saturated carbocycles. The van der Waals surface area contributed by atoms with Crippen molar-refractivity contribution in [2.75, 3.05) is 0 Å². The molecule has 2 fully saturated rings.